The molecule has 2 aromatic rings. The number of methoxy groups -OCH3 is 2. The molecule has 0 bridgehead atoms. The highest BCUT2D eigenvalue weighted by molar-refractivity contribution is 6.03. The van der Waals surface area contributed by atoms with E-state index in [0.717, 1.165) is 5.56 Å². The fourth-order valence-corrected chi connectivity index (χ4v) is 1.90. The van der Waals surface area contributed by atoms with Gasteiger partial charge in [-0.3, -0.25) is 0 Å². The van der Waals surface area contributed by atoms with E-state index in [1.165, 1.54) is 26.4 Å². The first-order chi connectivity index (χ1) is 10.5. The van der Waals surface area contributed by atoms with Crippen molar-refractivity contribution < 1.29 is 23.8 Å². The Labute approximate surface area is 128 Å². The Balaban J connectivity index is 2.35. The number of hydrogen-bond acceptors (Lipinski definition) is 5. The minimum Gasteiger partial charge on any atom is -0.465 e. The second kappa shape index (κ2) is 6.76. The summed E-state index contributed by atoms with van der Waals surface area (Å²) in [6.45, 7) is 1.98. The Morgan fingerprint density at radius 3 is 1.91 bits per heavy atom. The maximum Gasteiger partial charge on any atom is 0.338 e. The van der Waals surface area contributed by atoms with Gasteiger partial charge in [0.2, 0.25) is 0 Å². The van der Waals surface area contributed by atoms with Crippen molar-refractivity contribution in [1.29, 1.82) is 0 Å². The van der Waals surface area contributed by atoms with Gasteiger partial charge in [-0.2, -0.15) is 0 Å². The average Bonchev–Trinajstić information content (AvgIpc) is 2.55. The lowest BCUT2D eigenvalue weighted by Gasteiger charge is -2.10. The Morgan fingerprint density at radius 2 is 1.32 bits per heavy atom. The zero-order valence-corrected chi connectivity index (χ0v) is 12.6. The molecule has 0 heterocycles. The fourth-order valence-electron chi connectivity index (χ4n) is 1.90. The summed E-state index contributed by atoms with van der Waals surface area (Å²) >= 11 is 0. The van der Waals surface area contributed by atoms with Gasteiger partial charge in [0.25, 0.3) is 0 Å². The molecule has 0 N–H and O–H groups in total. The molecule has 0 atom stereocenters. The van der Waals surface area contributed by atoms with E-state index >= 15 is 0 Å². The van der Waals surface area contributed by atoms with Crippen molar-refractivity contribution in [2.24, 2.45) is 0 Å². The van der Waals surface area contributed by atoms with E-state index in [1.807, 2.05) is 31.2 Å². The highest BCUT2D eigenvalue weighted by Crippen LogP contribution is 2.25. The molecule has 0 amide bonds. The minimum absolute atomic E-state index is 0.0963. The SMILES string of the molecule is COC(=O)c1ccc(Oc2ccc(C)cc2)cc1C(=O)OC. The molecule has 5 nitrogen and oxygen atoms in total. The summed E-state index contributed by atoms with van der Waals surface area (Å²) in [5.41, 5.74) is 1.34. The number of benzene rings is 2. The predicted molar refractivity (Wildman–Crippen MR) is 80.4 cm³/mol. The predicted octanol–water partition coefficient (Wildman–Crippen LogP) is 3.36. The summed E-state index contributed by atoms with van der Waals surface area (Å²) in [6, 6.07) is 12.0. The molecule has 0 fully saturated rings. The summed E-state index contributed by atoms with van der Waals surface area (Å²) in [7, 11) is 2.50. The molecule has 2 aromatic carbocycles. The van der Waals surface area contributed by atoms with Crippen LogP contribution in [0.1, 0.15) is 26.3 Å². The number of carbonyl (C=O) groups is 2. The van der Waals surface area contributed by atoms with Gasteiger partial charge >= 0.3 is 11.9 Å². The van der Waals surface area contributed by atoms with Crippen molar-refractivity contribution in [1.82, 2.24) is 0 Å². The summed E-state index contributed by atoms with van der Waals surface area (Å²) in [6.07, 6.45) is 0. The first-order valence-electron chi connectivity index (χ1n) is 6.60. The van der Waals surface area contributed by atoms with Gasteiger partial charge in [0.05, 0.1) is 25.3 Å². The normalized spacial score (nSPS) is 9.95. The van der Waals surface area contributed by atoms with Crippen molar-refractivity contribution >= 4 is 11.9 Å². The van der Waals surface area contributed by atoms with Crippen LogP contribution in [0.25, 0.3) is 0 Å². The molecule has 114 valence electrons. The molecule has 0 aromatic heterocycles. The molecule has 0 unspecified atom stereocenters. The molecular weight excluding hydrogens is 284 g/mol. The monoisotopic (exact) mass is 300 g/mol. The molecule has 0 radical (unpaired) electrons. The summed E-state index contributed by atoms with van der Waals surface area (Å²) in [5.74, 6) is -0.179. The zero-order valence-electron chi connectivity index (χ0n) is 12.6. The van der Waals surface area contributed by atoms with Crippen LogP contribution in [0.3, 0.4) is 0 Å². The van der Waals surface area contributed by atoms with Gasteiger partial charge < -0.3 is 14.2 Å². The van der Waals surface area contributed by atoms with Crippen LogP contribution in [-0.4, -0.2) is 26.2 Å². The maximum atomic E-state index is 11.8. The lowest BCUT2D eigenvalue weighted by molar-refractivity contribution is 0.0555. The van der Waals surface area contributed by atoms with Gasteiger partial charge in [-0.05, 0) is 37.3 Å². The molecule has 0 saturated carbocycles. The van der Waals surface area contributed by atoms with Gasteiger partial charge in [-0.1, -0.05) is 17.7 Å². The second-order valence-corrected chi connectivity index (χ2v) is 4.61. The van der Waals surface area contributed by atoms with Gasteiger partial charge in [0.1, 0.15) is 11.5 Å². The molecule has 0 aliphatic carbocycles. The van der Waals surface area contributed by atoms with E-state index in [9.17, 15) is 9.59 Å². The summed E-state index contributed by atoms with van der Waals surface area (Å²) in [5, 5.41) is 0. The Hall–Kier alpha value is -2.82. The first-order valence-corrected chi connectivity index (χ1v) is 6.60. The van der Waals surface area contributed by atoms with Crippen LogP contribution in [0, 0.1) is 6.92 Å². The van der Waals surface area contributed by atoms with Gasteiger partial charge in [0.15, 0.2) is 0 Å². The Morgan fingerprint density at radius 1 is 0.773 bits per heavy atom. The number of ether oxygens (including phenoxy) is 3. The topological polar surface area (TPSA) is 61.8 Å². The van der Waals surface area contributed by atoms with Crippen molar-refractivity contribution in [3.05, 3.63) is 59.2 Å². The number of aryl methyl sites for hydroxylation is 1. The van der Waals surface area contributed by atoms with Crippen molar-refractivity contribution in [3.63, 3.8) is 0 Å². The number of carbonyl (C=O) groups excluding carboxylic acids is 2. The molecule has 0 aliphatic heterocycles. The summed E-state index contributed by atoms with van der Waals surface area (Å²) < 4.78 is 15.0. The third-order valence-electron chi connectivity index (χ3n) is 3.06. The lowest BCUT2D eigenvalue weighted by Crippen LogP contribution is -2.11. The molecule has 0 saturated heterocycles. The third-order valence-corrected chi connectivity index (χ3v) is 3.06. The lowest BCUT2D eigenvalue weighted by atomic mass is 10.1. The van der Waals surface area contributed by atoms with Crippen LogP contribution in [0.5, 0.6) is 11.5 Å². The number of hydrogen-bond donors (Lipinski definition) is 0. The van der Waals surface area contributed by atoms with Crippen molar-refractivity contribution in [2.45, 2.75) is 6.92 Å². The van der Waals surface area contributed by atoms with Crippen LogP contribution in [0.2, 0.25) is 0 Å². The zero-order chi connectivity index (χ0) is 16.1. The van der Waals surface area contributed by atoms with Gasteiger partial charge in [-0.15, -0.1) is 0 Å². The van der Waals surface area contributed by atoms with E-state index in [4.69, 9.17) is 9.47 Å². The smallest absolute Gasteiger partial charge is 0.338 e. The largest absolute Gasteiger partial charge is 0.465 e. The van der Waals surface area contributed by atoms with E-state index in [-0.39, 0.29) is 11.1 Å². The molecule has 0 aliphatic rings. The van der Waals surface area contributed by atoms with Gasteiger partial charge in [-0.25, -0.2) is 9.59 Å². The highest BCUT2D eigenvalue weighted by Gasteiger charge is 2.19. The van der Waals surface area contributed by atoms with Gasteiger partial charge in [0, 0.05) is 0 Å². The third kappa shape index (κ3) is 3.44. The van der Waals surface area contributed by atoms with E-state index in [0.29, 0.717) is 11.5 Å². The van der Waals surface area contributed by atoms with E-state index in [1.54, 1.807) is 6.07 Å². The van der Waals surface area contributed by atoms with E-state index in [2.05, 4.69) is 4.74 Å². The van der Waals surface area contributed by atoms with Crippen LogP contribution in [0.4, 0.5) is 0 Å². The number of rotatable bonds is 4. The van der Waals surface area contributed by atoms with Crippen molar-refractivity contribution in [2.75, 3.05) is 14.2 Å². The van der Waals surface area contributed by atoms with Crippen LogP contribution in [-0.2, 0) is 9.47 Å². The molecule has 5 heteroatoms. The standard InChI is InChI=1S/C17H16O5/c1-11-4-6-12(7-5-11)22-13-8-9-14(16(18)20-2)15(10-13)17(19)21-3/h4-10H,1-3H3. The summed E-state index contributed by atoms with van der Waals surface area (Å²) in [4.78, 5) is 23.5. The molecule has 0 spiro atoms. The Kier molecular flexibility index (Phi) is 4.78. The number of esters is 2. The first kappa shape index (κ1) is 15.6. The molecule has 22 heavy (non-hydrogen) atoms. The second-order valence-electron chi connectivity index (χ2n) is 4.61. The Bertz CT molecular complexity index is 689. The van der Waals surface area contributed by atoms with Crippen LogP contribution in [0.15, 0.2) is 42.5 Å². The average molecular weight is 300 g/mol. The van der Waals surface area contributed by atoms with Crippen LogP contribution < -0.4 is 4.74 Å². The highest BCUT2D eigenvalue weighted by atomic mass is 16.5. The quantitative estimate of drug-likeness (QED) is 0.810. The fraction of sp³-hybridized carbons (Fsp3) is 0.176. The minimum atomic E-state index is -0.630. The molecular formula is C17H16O5. The van der Waals surface area contributed by atoms with E-state index < -0.39 is 11.9 Å². The van der Waals surface area contributed by atoms with Crippen LogP contribution >= 0.6 is 0 Å². The van der Waals surface area contributed by atoms with Crippen molar-refractivity contribution in [3.8, 4) is 11.5 Å². The molecule has 2 rings (SSSR count). The maximum absolute atomic E-state index is 11.8.